The van der Waals surface area contributed by atoms with Crippen molar-refractivity contribution in [2.24, 2.45) is 5.73 Å². The summed E-state index contributed by atoms with van der Waals surface area (Å²) < 4.78 is 0.634. The van der Waals surface area contributed by atoms with Crippen LogP contribution in [0.15, 0.2) is 16.7 Å². The number of pyridine rings is 1. The summed E-state index contributed by atoms with van der Waals surface area (Å²) in [6.45, 7) is 0. The second kappa shape index (κ2) is 4.72. The van der Waals surface area contributed by atoms with Crippen LogP contribution in [0, 0.1) is 0 Å². The first-order chi connectivity index (χ1) is 6.50. The van der Waals surface area contributed by atoms with Crippen LogP contribution in [0.3, 0.4) is 0 Å². The van der Waals surface area contributed by atoms with Crippen molar-refractivity contribution < 1.29 is 9.90 Å². The quantitative estimate of drug-likeness (QED) is 0.821. The molecule has 14 heavy (non-hydrogen) atoms. The molecular weight excluding hydrogens is 271 g/mol. The van der Waals surface area contributed by atoms with Crippen LogP contribution in [-0.2, 0) is 11.2 Å². The van der Waals surface area contributed by atoms with Gasteiger partial charge in [-0.3, -0.25) is 4.79 Å². The summed E-state index contributed by atoms with van der Waals surface area (Å²) in [5, 5.41) is 8.93. The number of nitrogens with zero attached hydrogens (tertiary/aromatic N) is 1. The molecule has 3 N–H and O–H groups in total. The Morgan fingerprint density at radius 2 is 2.43 bits per heavy atom. The topological polar surface area (TPSA) is 76.2 Å². The molecule has 0 aliphatic rings. The van der Waals surface area contributed by atoms with E-state index in [-0.39, 0.29) is 6.42 Å². The number of aromatic nitrogens is 1. The van der Waals surface area contributed by atoms with Gasteiger partial charge in [0.25, 0.3) is 0 Å². The second-order valence-corrected chi connectivity index (χ2v) is 3.98. The summed E-state index contributed by atoms with van der Waals surface area (Å²) >= 11 is 8.86. The van der Waals surface area contributed by atoms with Gasteiger partial charge in [0, 0.05) is 6.20 Å². The molecule has 0 aliphatic carbocycles. The largest absolute Gasteiger partial charge is 0.480 e. The van der Waals surface area contributed by atoms with E-state index in [1.807, 2.05) is 0 Å². The Bertz CT molecular complexity index is 359. The molecule has 4 nitrogen and oxygen atoms in total. The van der Waals surface area contributed by atoms with E-state index in [9.17, 15) is 4.79 Å². The van der Waals surface area contributed by atoms with E-state index in [1.54, 1.807) is 6.07 Å². The van der Waals surface area contributed by atoms with E-state index >= 15 is 0 Å². The minimum atomic E-state index is -1.03. The van der Waals surface area contributed by atoms with Crippen LogP contribution >= 0.6 is 27.5 Å². The van der Waals surface area contributed by atoms with E-state index in [0.717, 1.165) is 5.56 Å². The zero-order valence-electron chi connectivity index (χ0n) is 7.08. The Morgan fingerprint density at radius 1 is 1.79 bits per heavy atom. The third kappa shape index (κ3) is 2.94. The highest BCUT2D eigenvalue weighted by molar-refractivity contribution is 9.10. The lowest BCUT2D eigenvalue weighted by Gasteiger charge is -2.06. The maximum Gasteiger partial charge on any atom is 0.320 e. The van der Waals surface area contributed by atoms with Crippen LogP contribution in [0.2, 0.25) is 5.15 Å². The molecule has 0 saturated carbocycles. The highest BCUT2D eigenvalue weighted by atomic mass is 79.9. The van der Waals surface area contributed by atoms with Gasteiger partial charge >= 0.3 is 5.97 Å². The lowest BCUT2D eigenvalue weighted by molar-refractivity contribution is -0.138. The first-order valence-corrected chi connectivity index (χ1v) is 4.96. The number of nitrogens with two attached hydrogens (primary N) is 1. The van der Waals surface area contributed by atoms with E-state index < -0.39 is 12.0 Å². The number of halogens is 2. The molecule has 1 atom stereocenters. The van der Waals surface area contributed by atoms with Crippen molar-refractivity contribution in [1.29, 1.82) is 0 Å². The van der Waals surface area contributed by atoms with Gasteiger partial charge in [0.1, 0.15) is 11.2 Å². The molecule has 0 bridgehead atoms. The molecule has 0 saturated heterocycles. The highest BCUT2D eigenvalue weighted by Crippen LogP contribution is 2.20. The second-order valence-electron chi connectivity index (χ2n) is 2.77. The summed E-state index contributed by atoms with van der Waals surface area (Å²) in [6.07, 6.45) is 1.74. The molecule has 0 aromatic carbocycles. The van der Waals surface area contributed by atoms with Crippen LogP contribution in [-0.4, -0.2) is 22.1 Å². The van der Waals surface area contributed by atoms with Gasteiger partial charge in [0.2, 0.25) is 0 Å². The average molecular weight is 280 g/mol. The van der Waals surface area contributed by atoms with E-state index in [4.69, 9.17) is 22.4 Å². The minimum absolute atomic E-state index is 0.234. The van der Waals surface area contributed by atoms with Crippen molar-refractivity contribution in [3.63, 3.8) is 0 Å². The minimum Gasteiger partial charge on any atom is -0.480 e. The Balaban J connectivity index is 2.78. The Labute approximate surface area is 94.2 Å². The van der Waals surface area contributed by atoms with Gasteiger partial charge in [0.05, 0.1) is 4.47 Å². The van der Waals surface area contributed by atoms with Crippen molar-refractivity contribution in [3.8, 4) is 0 Å². The summed E-state index contributed by atoms with van der Waals surface area (Å²) in [7, 11) is 0. The fraction of sp³-hybridized carbons (Fsp3) is 0.250. The molecule has 0 aliphatic heterocycles. The molecule has 76 valence electrons. The van der Waals surface area contributed by atoms with Crippen LogP contribution in [0.1, 0.15) is 5.56 Å². The Kier molecular flexibility index (Phi) is 3.86. The summed E-state index contributed by atoms with van der Waals surface area (Å²) in [5.74, 6) is -1.03. The zero-order chi connectivity index (χ0) is 10.7. The van der Waals surface area contributed by atoms with Crippen LogP contribution in [0.5, 0.6) is 0 Å². The summed E-state index contributed by atoms with van der Waals surface area (Å²) in [6, 6.07) is 0.794. The highest BCUT2D eigenvalue weighted by Gasteiger charge is 2.12. The fourth-order valence-electron chi connectivity index (χ4n) is 0.914. The molecule has 1 aromatic rings. The van der Waals surface area contributed by atoms with Crippen LogP contribution < -0.4 is 5.73 Å². The number of carboxylic acid groups (broad SMARTS) is 1. The first-order valence-electron chi connectivity index (χ1n) is 3.79. The van der Waals surface area contributed by atoms with Gasteiger partial charge in [-0.15, -0.1) is 0 Å². The molecule has 0 spiro atoms. The Hall–Kier alpha value is -0.650. The smallest absolute Gasteiger partial charge is 0.320 e. The molecule has 0 fully saturated rings. The molecule has 1 aromatic heterocycles. The van der Waals surface area contributed by atoms with Gasteiger partial charge in [-0.05, 0) is 34.0 Å². The van der Waals surface area contributed by atoms with Gasteiger partial charge < -0.3 is 10.8 Å². The first kappa shape index (κ1) is 11.4. The monoisotopic (exact) mass is 278 g/mol. The lowest BCUT2D eigenvalue weighted by Crippen LogP contribution is -2.32. The van der Waals surface area contributed by atoms with Gasteiger partial charge in [-0.1, -0.05) is 11.6 Å². The van der Waals surface area contributed by atoms with Crippen molar-refractivity contribution in [2.75, 3.05) is 0 Å². The number of carboxylic acids is 1. The molecule has 0 amide bonds. The lowest BCUT2D eigenvalue weighted by atomic mass is 10.1. The molecule has 1 heterocycles. The molecule has 0 radical (unpaired) electrons. The van der Waals surface area contributed by atoms with Gasteiger partial charge in [-0.25, -0.2) is 4.98 Å². The van der Waals surface area contributed by atoms with Crippen molar-refractivity contribution in [1.82, 2.24) is 4.98 Å². The molecule has 1 rings (SSSR count). The molecular formula is C8H8BrClN2O2. The molecule has 1 unspecified atom stereocenters. The zero-order valence-corrected chi connectivity index (χ0v) is 9.42. The van der Waals surface area contributed by atoms with Gasteiger partial charge in [-0.2, -0.15) is 0 Å². The average Bonchev–Trinajstić information content (AvgIpc) is 2.11. The maximum atomic E-state index is 10.5. The number of aliphatic carboxylic acids is 1. The Morgan fingerprint density at radius 3 is 2.93 bits per heavy atom. The third-order valence-corrected chi connectivity index (χ3v) is 2.76. The van der Waals surface area contributed by atoms with Crippen molar-refractivity contribution >= 4 is 33.5 Å². The standard InChI is InChI=1S/C8H8BrClN2O2/c9-5-1-4(3-12-7(5)10)2-6(11)8(13)14/h1,3,6H,2,11H2,(H,13,14). The van der Waals surface area contributed by atoms with Gasteiger partial charge in [0.15, 0.2) is 0 Å². The summed E-state index contributed by atoms with van der Waals surface area (Å²) in [4.78, 5) is 14.3. The summed E-state index contributed by atoms with van der Waals surface area (Å²) in [5.41, 5.74) is 6.09. The van der Waals surface area contributed by atoms with Crippen molar-refractivity contribution in [2.45, 2.75) is 12.5 Å². The SMILES string of the molecule is NC(Cc1cnc(Cl)c(Br)c1)C(=O)O. The van der Waals surface area contributed by atoms with Crippen LogP contribution in [0.4, 0.5) is 0 Å². The predicted octanol–water partition coefficient (Wildman–Crippen LogP) is 1.45. The van der Waals surface area contributed by atoms with E-state index in [1.165, 1.54) is 6.20 Å². The third-order valence-electron chi connectivity index (χ3n) is 1.63. The van der Waals surface area contributed by atoms with Crippen LogP contribution in [0.25, 0.3) is 0 Å². The van der Waals surface area contributed by atoms with E-state index in [0.29, 0.717) is 9.63 Å². The predicted molar refractivity (Wildman–Crippen MR) is 56.3 cm³/mol. The number of hydrogen-bond acceptors (Lipinski definition) is 3. The number of hydrogen-bond donors (Lipinski definition) is 2. The molecule has 6 heteroatoms. The normalized spacial score (nSPS) is 12.5. The van der Waals surface area contributed by atoms with Crippen molar-refractivity contribution in [3.05, 3.63) is 27.5 Å². The number of carbonyl (C=O) groups is 1. The fourth-order valence-corrected chi connectivity index (χ4v) is 1.41. The number of rotatable bonds is 3. The maximum absolute atomic E-state index is 10.5. The van der Waals surface area contributed by atoms with E-state index in [2.05, 4.69) is 20.9 Å².